The molecule has 0 saturated heterocycles. The molecule has 18 heavy (non-hydrogen) atoms. The Kier molecular flexibility index (Phi) is 5.17. The van der Waals surface area contributed by atoms with Gasteiger partial charge in [0, 0.05) is 25.3 Å². The third-order valence-electron chi connectivity index (χ3n) is 3.58. The normalized spacial score (nSPS) is 24.1. The highest BCUT2D eigenvalue weighted by Gasteiger charge is 2.17. The molecule has 0 aliphatic heterocycles. The molecular formula is C13H20IN3O. The first-order chi connectivity index (χ1) is 8.66. The van der Waals surface area contributed by atoms with Crippen LogP contribution >= 0.6 is 22.6 Å². The molecule has 0 amide bonds. The van der Waals surface area contributed by atoms with Gasteiger partial charge in [-0.2, -0.15) is 0 Å². The molecular weight excluding hydrogens is 341 g/mol. The Bertz CT molecular complexity index is 446. The maximum atomic E-state index is 11.8. The second-order valence-electron chi connectivity index (χ2n) is 5.16. The number of hydrogen-bond acceptors (Lipinski definition) is 3. The topological polar surface area (TPSA) is 46.9 Å². The van der Waals surface area contributed by atoms with E-state index in [0.717, 1.165) is 12.5 Å². The van der Waals surface area contributed by atoms with Gasteiger partial charge in [-0.05, 0) is 41.4 Å². The van der Waals surface area contributed by atoms with Gasteiger partial charge < -0.3 is 5.32 Å². The van der Waals surface area contributed by atoms with Gasteiger partial charge in [-0.3, -0.25) is 9.36 Å². The summed E-state index contributed by atoms with van der Waals surface area (Å²) in [6.45, 7) is 3.87. The fourth-order valence-corrected chi connectivity index (χ4v) is 3.06. The summed E-state index contributed by atoms with van der Waals surface area (Å²) in [5, 5.41) is 3.56. The minimum absolute atomic E-state index is 0.0596. The van der Waals surface area contributed by atoms with Crippen molar-refractivity contribution in [1.29, 1.82) is 0 Å². The Hall–Kier alpha value is -0.430. The average molecular weight is 361 g/mol. The van der Waals surface area contributed by atoms with Gasteiger partial charge in [0.1, 0.15) is 0 Å². The van der Waals surface area contributed by atoms with Crippen molar-refractivity contribution in [3.8, 4) is 0 Å². The van der Waals surface area contributed by atoms with Crippen LogP contribution in [0.25, 0.3) is 0 Å². The van der Waals surface area contributed by atoms with E-state index in [9.17, 15) is 4.79 Å². The molecule has 4 nitrogen and oxygen atoms in total. The third-order valence-corrected chi connectivity index (χ3v) is 4.32. The molecule has 2 atom stereocenters. The highest BCUT2D eigenvalue weighted by Crippen LogP contribution is 2.23. The van der Waals surface area contributed by atoms with Crippen molar-refractivity contribution in [1.82, 2.24) is 14.9 Å². The molecule has 1 saturated carbocycles. The predicted octanol–water partition coefficient (Wildman–Crippen LogP) is 2.02. The van der Waals surface area contributed by atoms with Crippen LogP contribution in [-0.4, -0.2) is 22.1 Å². The highest BCUT2D eigenvalue weighted by atomic mass is 127. The fraction of sp³-hybridized carbons (Fsp3) is 0.692. The highest BCUT2D eigenvalue weighted by molar-refractivity contribution is 14.1. The van der Waals surface area contributed by atoms with Crippen LogP contribution in [-0.2, 0) is 6.54 Å². The minimum atomic E-state index is 0.0596. The van der Waals surface area contributed by atoms with Gasteiger partial charge >= 0.3 is 0 Å². The molecule has 0 bridgehead atoms. The van der Waals surface area contributed by atoms with Gasteiger partial charge in [0.15, 0.2) is 0 Å². The molecule has 2 rings (SSSR count). The van der Waals surface area contributed by atoms with Crippen LogP contribution in [0.4, 0.5) is 0 Å². The van der Waals surface area contributed by atoms with Gasteiger partial charge in [0.2, 0.25) is 0 Å². The number of nitrogens with zero attached hydrogens (tertiary/aromatic N) is 2. The van der Waals surface area contributed by atoms with Crippen LogP contribution in [0.15, 0.2) is 17.3 Å². The van der Waals surface area contributed by atoms with E-state index in [4.69, 9.17) is 0 Å². The fourth-order valence-electron chi connectivity index (χ4n) is 2.59. The van der Waals surface area contributed by atoms with E-state index in [1.807, 2.05) is 22.6 Å². The zero-order valence-corrected chi connectivity index (χ0v) is 12.9. The molecule has 1 heterocycles. The van der Waals surface area contributed by atoms with Gasteiger partial charge in [-0.25, -0.2) is 4.98 Å². The Labute approximate surface area is 121 Å². The van der Waals surface area contributed by atoms with Crippen LogP contribution in [0.2, 0.25) is 0 Å². The number of rotatable bonds is 4. The first-order valence-electron chi connectivity index (χ1n) is 6.60. The largest absolute Gasteiger partial charge is 0.312 e. The quantitative estimate of drug-likeness (QED) is 0.835. The van der Waals surface area contributed by atoms with E-state index in [-0.39, 0.29) is 5.56 Å². The van der Waals surface area contributed by atoms with E-state index in [0.29, 0.717) is 16.2 Å². The number of halogens is 1. The van der Waals surface area contributed by atoms with Crippen molar-refractivity contribution in [2.45, 2.75) is 45.2 Å². The van der Waals surface area contributed by atoms with Gasteiger partial charge in [-0.15, -0.1) is 0 Å². The summed E-state index contributed by atoms with van der Waals surface area (Å²) in [5.74, 6) is 0.832. The molecule has 5 heteroatoms. The van der Waals surface area contributed by atoms with E-state index in [1.165, 1.54) is 25.7 Å². The zero-order valence-electron chi connectivity index (χ0n) is 10.7. The van der Waals surface area contributed by atoms with Crippen molar-refractivity contribution in [2.75, 3.05) is 6.54 Å². The third kappa shape index (κ3) is 3.78. The summed E-state index contributed by atoms with van der Waals surface area (Å²) in [4.78, 5) is 15.8. The van der Waals surface area contributed by atoms with Crippen molar-refractivity contribution >= 4 is 22.6 Å². The summed E-state index contributed by atoms with van der Waals surface area (Å²) in [6, 6.07) is 0.625. The van der Waals surface area contributed by atoms with E-state index >= 15 is 0 Å². The maximum absolute atomic E-state index is 11.8. The Balaban J connectivity index is 1.81. The molecule has 1 aliphatic rings. The number of nitrogens with one attached hydrogen (secondary N) is 1. The lowest BCUT2D eigenvalue weighted by molar-refractivity contribution is 0.299. The Morgan fingerprint density at radius 1 is 1.56 bits per heavy atom. The Morgan fingerprint density at radius 3 is 3.17 bits per heavy atom. The summed E-state index contributed by atoms with van der Waals surface area (Å²) >= 11 is 2.03. The molecule has 1 aromatic heterocycles. The van der Waals surface area contributed by atoms with Crippen LogP contribution in [0.5, 0.6) is 0 Å². The second kappa shape index (κ2) is 6.65. The summed E-state index contributed by atoms with van der Waals surface area (Å²) in [7, 11) is 0. The van der Waals surface area contributed by atoms with Crippen LogP contribution < -0.4 is 10.9 Å². The van der Waals surface area contributed by atoms with Crippen molar-refractivity contribution in [3.05, 3.63) is 26.4 Å². The second-order valence-corrected chi connectivity index (χ2v) is 6.33. The molecule has 0 spiro atoms. The molecule has 0 radical (unpaired) electrons. The first-order valence-corrected chi connectivity index (χ1v) is 7.68. The Morgan fingerprint density at radius 2 is 2.39 bits per heavy atom. The summed E-state index contributed by atoms with van der Waals surface area (Å²) in [5.41, 5.74) is 0.0596. The van der Waals surface area contributed by atoms with Crippen molar-refractivity contribution in [2.24, 2.45) is 5.92 Å². The van der Waals surface area contributed by atoms with Gasteiger partial charge in [-0.1, -0.05) is 19.8 Å². The number of aromatic nitrogens is 2. The molecule has 0 aromatic carbocycles. The lowest BCUT2D eigenvalue weighted by Crippen LogP contribution is -2.37. The zero-order chi connectivity index (χ0) is 13.0. The molecule has 1 fully saturated rings. The molecule has 1 N–H and O–H groups in total. The van der Waals surface area contributed by atoms with Crippen LogP contribution in [0.1, 0.15) is 32.6 Å². The van der Waals surface area contributed by atoms with E-state index in [2.05, 4.69) is 17.2 Å². The van der Waals surface area contributed by atoms with Gasteiger partial charge in [0.05, 0.1) is 9.90 Å². The molecule has 100 valence electrons. The molecule has 2 unspecified atom stereocenters. The predicted molar refractivity (Wildman–Crippen MR) is 80.6 cm³/mol. The van der Waals surface area contributed by atoms with Crippen LogP contribution in [0.3, 0.4) is 0 Å². The standard InChI is InChI=1S/C13H20IN3O/c1-10-3-2-4-11(7-10)16-5-6-17-9-15-8-12(14)13(17)18/h8-11,16H,2-7H2,1H3. The average Bonchev–Trinajstić information content (AvgIpc) is 2.35. The molecule has 1 aliphatic carbocycles. The minimum Gasteiger partial charge on any atom is -0.312 e. The lowest BCUT2D eigenvalue weighted by atomic mass is 9.87. The maximum Gasteiger partial charge on any atom is 0.266 e. The van der Waals surface area contributed by atoms with Crippen LogP contribution in [0, 0.1) is 9.49 Å². The summed E-state index contributed by atoms with van der Waals surface area (Å²) in [6.07, 6.45) is 8.44. The first kappa shape index (κ1) is 14.0. The SMILES string of the molecule is CC1CCCC(NCCn2cncc(I)c2=O)C1. The van der Waals surface area contributed by atoms with Gasteiger partial charge in [0.25, 0.3) is 5.56 Å². The molecule has 1 aromatic rings. The van der Waals surface area contributed by atoms with E-state index < -0.39 is 0 Å². The monoisotopic (exact) mass is 361 g/mol. The lowest BCUT2D eigenvalue weighted by Gasteiger charge is -2.27. The summed E-state index contributed by atoms with van der Waals surface area (Å²) < 4.78 is 2.36. The van der Waals surface area contributed by atoms with Crippen molar-refractivity contribution in [3.63, 3.8) is 0 Å². The smallest absolute Gasteiger partial charge is 0.266 e. The van der Waals surface area contributed by atoms with Crippen molar-refractivity contribution < 1.29 is 0 Å². The number of hydrogen-bond donors (Lipinski definition) is 1. The van der Waals surface area contributed by atoms with E-state index in [1.54, 1.807) is 17.1 Å².